The van der Waals surface area contributed by atoms with Gasteiger partial charge in [-0.05, 0) is 38.0 Å². The van der Waals surface area contributed by atoms with E-state index in [0.29, 0.717) is 69.9 Å². The van der Waals surface area contributed by atoms with Crippen LogP contribution in [0.2, 0.25) is 0 Å². The monoisotopic (exact) mass is 771 g/mol. The number of benzene rings is 1. The summed E-state index contributed by atoms with van der Waals surface area (Å²) in [6.45, 7) is 8.90. The van der Waals surface area contributed by atoms with E-state index in [2.05, 4.69) is 0 Å². The third-order valence-corrected chi connectivity index (χ3v) is 8.40. The first kappa shape index (κ1) is 46.5. The Morgan fingerprint density at radius 1 is 0.648 bits per heavy atom. The van der Waals surface area contributed by atoms with E-state index in [1.807, 2.05) is 13.8 Å². The van der Waals surface area contributed by atoms with Gasteiger partial charge in [0.15, 0.2) is 0 Å². The second kappa shape index (κ2) is 27.9. The zero-order valence-corrected chi connectivity index (χ0v) is 31.9. The number of aliphatic carboxylic acids is 3. The van der Waals surface area contributed by atoms with Crippen molar-refractivity contribution in [1.29, 1.82) is 0 Å². The van der Waals surface area contributed by atoms with E-state index in [-0.39, 0.29) is 91.6 Å². The van der Waals surface area contributed by atoms with Crippen LogP contribution in [-0.2, 0) is 49.3 Å². The molecule has 0 aliphatic carbocycles. The lowest BCUT2D eigenvalue weighted by atomic mass is 10.0. The molecule has 0 bridgehead atoms. The van der Waals surface area contributed by atoms with Crippen LogP contribution in [-0.4, -0.2) is 205 Å². The van der Waals surface area contributed by atoms with Crippen molar-refractivity contribution >= 4 is 23.9 Å². The summed E-state index contributed by atoms with van der Waals surface area (Å²) < 4.78 is 38.6. The van der Waals surface area contributed by atoms with Crippen molar-refractivity contribution in [3.05, 3.63) is 23.8 Å². The zero-order chi connectivity index (χ0) is 39.6. The van der Waals surface area contributed by atoms with Crippen LogP contribution < -0.4 is 14.6 Å². The Morgan fingerprint density at radius 3 is 1.54 bits per heavy atom. The SMILES string of the molecule is CCOCCOCCOc1cc(CC(C(=O)O)N2CCN(CC(=O)O)CCN(CC(=O)[O-])CCN(CC(=O)OC)CC2)cc(OCCOCCOCC)c1. The molecule has 18 heteroatoms. The molecule has 1 aromatic carbocycles. The number of esters is 1. The van der Waals surface area contributed by atoms with Gasteiger partial charge in [-0.3, -0.25) is 34.0 Å². The fourth-order valence-corrected chi connectivity index (χ4v) is 5.64. The van der Waals surface area contributed by atoms with E-state index < -0.39 is 29.9 Å². The Morgan fingerprint density at radius 2 is 1.09 bits per heavy atom. The number of ether oxygens (including phenoxy) is 7. The highest BCUT2D eigenvalue weighted by Gasteiger charge is 2.29. The Hall–Kier alpha value is -3.62. The topological polar surface area (TPSA) is 209 Å². The fraction of sp³-hybridized carbons (Fsp3) is 0.722. The minimum Gasteiger partial charge on any atom is -0.549 e. The Balaban J connectivity index is 2.33. The molecule has 1 aliphatic rings. The van der Waals surface area contributed by atoms with E-state index in [1.54, 1.807) is 37.8 Å². The molecular formula is C36H59N4O14-. The first-order chi connectivity index (χ1) is 26.0. The van der Waals surface area contributed by atoms with Crippen LogP contribution in [0.3, 0.4) is 0 Å². The molecule has 1 unspecified atom stereocenters. The minimum atomic E-state index is -1.28. The fourth-order valence-electron chi connectivity index (χ4n) is 5.64. The van der Waals surface area contributed by atoms with Crippen LogP contribution in [0.25, 0.3) is 0 Å². The molecule has 1 saturated heterocycles. The average molecular weight is 772 g/mol. The maximum Gasteiger partial charge on any atom is 0.321 e. The van der Waals surface area contributed by atoms with Crippen molar-refractivity contribution in [3.63, 3.8) is 0 Å². The van der Waals surface area contributed by atoms with Crippen LogP contribution in [0.15, 0.2) is 18.2 Å². The summed E-state index contributed by atoms with van der Waals surface area (Å²) in [6.07, 6.45) is 0.0495. The molecule has 1 atom stereocenters. The van der Waals surface area contributed by atoms with Gasteiger partial charge in [-0.15, -0.1) is 0 Å². The molecule has 0 aromatic heterocycles. The van der Waals surface area contributed by atoms with Gasteiger partial charge in [-0.1, -0.05) is 0 Å². The summed E-state index contributed by atoms with van der Waals surface area (Å²) >= 11 is 0. The predicted octanol–water partition coefficient (Wildman–Crippen LogP) is -1.22. The van der Waals surface area contributed by atoms with Crippen molar-refractivity contribution in [2.24, 2.45) is 0 Å². The number of nitrogens with zero attached hydrogens (tertiary/aromatic N) is 4. The summed E-state index contributed by atoms with van der Waals surface area (Å²) in [7, 11) is 1.27. The maximum atomic E-state index is 13.0. The van der Waals surface area contributed by atoms with Crippen molar-refractivity contribution < 1.29 is 67.7 Å². The van der Waals surface area contributed by atoms with Crippen molar-refractivity contribution in [2.75, 3.05) is 145 Å². The third-order valence-electron chi connectivity index (χ3n) is 8.40. The van der Waals surface area contributed by atoms with Crippen LogP contribution in [0.4, 0.5) is 0 Å². The van der Waals surface area contributed by atoms with Gasteiger partial charge in [0, 0.05) is 78.2 Å². The highest BCUT2D eigenvalue weighted by molar-refractivity contribution is 5.74. The number of carbonyl (C=O) groups excluding carboxylic acids is 2. The van der Waals surface area contributed by atoms with Crippen molar-refractivity contribution in [3.8, 4) is 11.5 Å². The molecule has 18 nitrogen and oxygen atoms in total. The molecule has 2 N–H and O–H groups in total. The largest absolute Gasteiger partial charge is 0.549 e. The Labute approximate surface area is 317 Å². The lowest BCUT2D eigenvalue weighted by Crippen LogP contribution is -2.52. The standard InChI is InChI=1S/C36H60N4O14/c1-4-49-14-16-51-18-20-53-30-22-29(23-31(25-30)54-21-19-52-17-15-50-5-2)24-32(36(46)47)40-12-10-38(27-34(43)44)7-6-37(26-33(41)42)8-9-39(11-13-40)28-35(45)48-3/h22-23,25,32H,4-21,24,26-28H2,1-3H3,(H,41,42)(H,43,44)(H,46,47)/p-1. The molecule has 0 amide bonds. The number of carboxylic acid groups (broad SMARTS) is 3. The molecular weight excluding hydrogens is 712 g/mol. The average Bonchev–Trinajstić information content (AvgIpc) is 3.12. The molecule has 1 aromatic rings. The number of carbonyl (C=O) groups is 4. The van der Waals surface area contributed by atoms with Gasteiger partial charge < -0.3 is 53.3 Å². The zero-order valence-electron chi connectivity index (χ0n) is 31.9. The van der Waals surface area contributed by atoms with Crippen LogP contribution in [0, 0.1) is 0 Å². The summed E-state index contributed by atoms with van der Waals surface area (Å²) in [4.78, 5) is 55.3. The van der Waals surface area contributed by atoms with E-state index >= 15 is 0 Å². The van der Waals surface area contributed by atoms with Gasteiger partial charge in [0.2, 0.25) is 0 Å². The first-order valence-electron chi connectivity index (χ1n) is 18.4. The van der Waals surface area contributed by atoms with Gasteiger partial charge in [0.25, 0.3) is 0 Å². The molecule has 308 valence electrons. The third kappa shape index (κ3) is 20.7. The van der Waals surface area contributed by atoms with Crippen LogP contribution >= 0.6 is 0 Å². The Bertz CT molecular complexity index is 1210. The first-order valence-corrected chi connectivity index (χ1v) is 18.4. The highest BCUT2D eigenvalue weighted by Crippen LogP contribution is 2.25. The van der Waals surface area contributed by atoms with Gasteiger partial charge in [0.1, 0.15) is 30.8 Å². The van der Waals surface area contributed by atoms with Crippen molar-refractivity contribution in [1.82, 2.24) is 19.6 Å². The quantitative estimate of drug-likeness (QED) is 0.0835. The second-order valence-electron chi connectivity index (χ2n) is 12.4. The lowest BCUT2D eigenvalue weighted by Gasteiger charge is -2.35. The molecule has 1 fully saturated rings. The second-order valence-corrected chi connectivity index (χ2v) is 12.4. The van der Waals surface area contributed by atoms with Crippen LogP contribution in [0.1, 0.15) is 19.4 Å². The number of hydrogen-bond donors (Lipinski definition) is 2. The van der Waals surface area contributed by atoms with E-state index in [4.69, 9.17) is 33.2 Å². The molecule has 54 heavy (non-hydrogen) atoms. The molecule has 0 radical (unpaired) electrons. The van der Waals surface area contributed by atoms with E-state index in [9.17, 15) is 34.5 Å². The normalized spacial score (nSPS) is 16.2. The minimum absolute atomic E-state index is 0.0495. The molecule has 1 aliphatic heterocycles. The van der Waals surface area contributed by atoms with E-state index in [0.717, 1.165) is 0 Å². The van der Waals surface area contributed by atoms with Gasteiger partial charge >= 0.3 is 17.9 Å². The molecule has 0 saturated carbocycles. The maximum absolute atomic E-state index is 13.0. The van der Waals surface area contributed by atoms with Crippen molar-refractivity contribution in [2.45, 2.75) is 26.3 Å². The number of hydrogen-bond acceptors (Lipinski definition) is 16. The number of rotatable bonds is 26. The van der Waals surface area contributed by atoms with Gasteiger partial charge in [-0.25, -0.2) is 0 Å². The van der Waals surface area contributed by atoms with Crippen LogP contribution in [0.5, 0.6) is 11.5 Å². The lowest BCUT2D eigenvalue weighted by molar-refractivity contribution is -0.306. The highest BCUT2D eigenvalue weighted by atomic mass is 16.6. The number of carboxylic acids is 3. The summed E-state index contributed by atoms with van der Waals surface area (Å²) in [5.74, 6) is -3.01. The van der Waals surface area contributed by atoms with E-state index in [1.165, 1.54) is 7.11 Å². The summed E-state index contributed by atoms with van der Waals surface area (Å²) in [5.41, 5.74) is 0.627. The van der Waals surface area contributed by atoms with Gasteiger partial charge in [0.05, 0.1) is 65.8 Å². The van der Waals surface area contributed by atoms with Gasteiger partial charge in [-0.2, -0.15) is 0 Å². The molecule has 2 rings (SSSR count). The summed E-state index contributed by atoms with van der Waals surface area (Å²) in [5, 5.41) is 31.7. The predicted molar refractivity (Wildman–Crippen MR) is 193 cm³/mol. The smallest absolute Gasteiger partial charge is 0.321 e. The number of methoxy groups -OCH3 is 1. The molecule has 1 heterocycles. The molecule has 0 spiro atoms. The Kier molecular flexibility index (Phi) is 24.0. The summed E-state index contributed by atoms with van der Waals surface area (Å²) in [6, 6.07) is 4.17.